The first-order valence-corrected chi connectivity index (χ1v) is 14.3. The molecule has 1 atom stereocenters. The number of hydrogen-bond donors (Lipinski definition) is 2. The van der Waals surface area contributed by atoms with Crippen molar-refractivity contribution < 1.29 is 31.2 Å². The van der Waals surface area contributed by atoms with Gasteiger partial charge in [-0.3, -0.25) is 14.5 Å². The number of carbonyl (C=O) groups is 2. The predicted octanol–water partition coefficient (Wildman–Crippen LogP) is 4.84. The summed E-state index contributed by atoms with van der Waals surface area (Å²) in [5.41, 5.74) is -1.30. The van der Waals surface area contributed by atoms with Crippen LogP contribution in [0.5, 0.6) is 0 Å². The first-order chi connectivity index (χ1) is 17.7. The van der Waals surface area contributed by atoms with Gasteiger partial charge in [0.05, 0.1) is 16.2 Å². The van der Waals surface area contributed by atoms with Crippen molar-refractivity contribution in [2.24, 2.45) is 0 Å². The average molecular weight is 594 g/mol. The Labute approximate surface area is 229 Å². The number of benzene rings is 2. The standard InChI is InChI=1S/C25H28Cl2F3N3O4S/c1-3-38(36,37)23-7-6-18(26)9-17(23)12-31-24(35)16-10-21(25(28,29)30)20(22(27)11-16)14-33-8-4-5-19(13-33)32-15(2)34/h6-7,9-11,19H,3-5,8,12-14H2,1-2H3,(H,31,35)(H,32,34). The quantitative estimate of drug-likeness (QED) is 0.457. The molecule has 2 aromatic rings. The summed E-state index contributed by atoms with van der Waals surface area (Å²) in [7, 11) is -3.63. The van der Waals surface area contributed by atoms with Gasteiger partial charge in [0, 0.05) is 48.2 Å². The van der Waals surface area contributed by atoms with E-state index in [1.165, 1.54) is 38.1 Å². The van der Waals surface area contributed by atoms with E-state index in [1.807, 2.05) is 0 Å². The molecule has 2 amide bonds. The summed E-state index contributed by atoms with van der Waals surface area (Å²) in [5, 5.41) is 5.29. The Balaban J connectivity index is 1.85. The molecule has 208 valence electrons. The molecular formula is C25H28Cl2F3N3O4S. The highest BCUT2D eigenvalue weighted by molar-refractivity contribution is 7.91. The van der Waals surface area contributed by atoms with Gasteiger partial charge in [-0.15, -0.1) is 0 Å². The Bertz CT molecular complexity index is 1320. The molecule has 1 fully saturated rings. The third-order valence-corrected chi connectivity index (χ3v) is 8.64. The molecule has 38 heavy (non-hydrogen) atoms. The summed E-state index contributed by atoms with van der Waals surface area (Å²) in [5.74, 6) is -1.24. The van der Waals surface area contributed by atoms with Gasteiger partial charge in [0.2, 0.25) is 5.91 Å². The number of sulfone groups is 1. The zero-order chi connectivity index (χ0) is 28.3. The summed E-state index contributed by atoms with van der Waals surface area (Å²) >= 11 is 12.3. The Morgan fingerprint density at radius 3 is 2.50 bits per heavy atom. The SMILES string of the molecule is CCS(=O)(=O)c1ccc(Cl)cc1CNC(=O)c1cc(Cl)c(CN2CCCC(NC(C)=O)C2)c(C(F)(F)F)c1. The van der Waals surface area contributed by atoms with Crippen molar-refractivity contribution in [3.8, 4) is 0 Å². The molecule has 13 heteroatoms. The van der Waals surface area contributed by atoms with Gasteiger partial charge in [0.15, 0.2) is 9.84 Å². The van der Waals surface area contributed by atoms with Gasteiger partial charge in [-0.2, -0.15) is 13.2 Å². The molecule has 7 nitrogen and oxygen atoms in total. The minimum absolute atomic E-state index is 0.0202. The molecule has 0 aromatic heterocycles. The van der Waals surface area contributed by atoms with Crippen molar-refractivity contribution in [1.82, 2.24) is 15.5 Å². The number of nitrogens with one attached hydrogen (secondary N) is 2. The fourth-order valence-corrected chi connectivity index (χ4v) is 6.02. The van der Waals surface area contributed by atoms with E-state index in [2.05, 4.69) is 10.6 Å². The van der Waals surface area contributed by atoms with Crippen molar-refractivity contribution in [3.05, 3.63) is 62.6 Å². The van der Waals surface area contributed by atoms with Gasteiger partial charge in [-0.25, -0.2) is 8.42 Å². The van der Waals surface area contributed by atoms with Crippen LogP contribution in [0.15, 0.2) is 35.2 Å². The summed E-state index contributed by atoms with van der Waals surface area (Å²) in [6.45, 7) is 3.39. The summed E-state index contributed by atoms with van der Waals surface area (Å²) < 4.78 is 66.9. The average Bonchev–Trinajstić information content (AvgIpc) is 2.82. The van der Waals surface area contributed by atoms with Crippen molar-refractivity contribution in [3.63, 3.8) is 0 Å². The summed E-state index contributed by atoms with van der Waals surface area (Å²) in [6.07, 6.45) is -3.36. The molecule has 0 bridgehead atoms. The first-order valence-electron chi connectivity index (χ1n) is 11.9. The van der Waals surface area contributed by atoms with Gasteiger partial charge >= 0.3 is 6.18 Å². The van der Waals surface area contributed by atoms with Crippen molar-refractivity contribution in [2.75, 3.05) is 18.8 Å². The number of hydrogen-bond acceptors (Lipinski definition) is 5. The molecule has 2 aromatic carbocycles. The van der Waals surface area contributed by atoms with Gasteiger partial charge in [-0.05, 0) is 60.8 Å². The van der Waals surface area contributed by atoms with E-state index in [4.69, 9.17) is 23.2 Å². The highest BCUT2D eigenvalue weighted by Crippen LogP contribution is 2.37. The smallest absolute Gasteiger partial charge is 0.352 e. The monoisotopic (exact) mass is 593 g/mol. The molecule has 1 aliphatic rings. The molecule has 1 unspecified atom stereocenters. The molecule has 1 aliphatic heterocycles. The molecule has 0 saturated carbocycles. The minimum atomic E-state index is -4.78. The number of alkyl halides is 3. The number of piperidine rings is 1. The maximum atomic E-state index is 14.0. The zero-order valence-electron chi connectivity index (χ0n) is 20.8. The second-order valence-electron chi connectivity index (χ2n) is 9.09. The van der Waals surface area contributed by atoms with E-state index in [-0.39, 0.29) is 62.4 Å². The van der Waals surface area contributed by atoms with E-state index < -0.39 is 27.5 Å². The van der Waals surface area contributed by atoms with E-state index in [0.717, 1.165) is 12.5 Å². The van der Waals surface area contributed by atoms with Crippen LogP contribution >= 0.6 is 23.2 Å². The van der Waals surface area contributed by atoms with Gasteiger partial charge in [0.25, 0.3) is 5.91 Å². The Kier molecular flexibility index (Phi) is 9.72. The van der Waals surface area contributed by atoms with Crippen molar-refractivity contribution in [1.29, 1.82) is 0 Å². The van der Waals surface area contributed by atoms with Crippen LogP contribution in [0.2, 0.25) is 10.0 Å². The van der Waals surface area contributed by atoms with Crippen molar-refractivity contribution in [2.45, 2.75) is 56.9 Å². The fraction of sp³-hybridized carbons (Fsp3) is 0.440. The summed E-state index contributed by atoms with van der Waals surface area (Å²) in [4.78, 5) is 26.0. The number of rotatable bonds is 8. The lowest BCUT2D eigenvalue weighted by molar-refractivity contribution is -0.138. The number of halogens is 5. The lowest BCUT2D eigenvalue weighted by atomic mass is 10.00. The largest absolute Gasteiger partial charge is 0.416 e. The lowest BCUT2D eigenvalue weighted by Crippen LogP contribution is -2.46. The Morgan fingerprint density at radius 1 is 1.16 bits per heavy atom. The van der Waals surface area contributed by atoms with Crippen LogP contribution in [-0.4, -0.2) is 50.0 Å². The molecule has 3 rings (SSSR count). The van der Waals surface area contributed by atoms with E-state index in [1.54, 1.807) is 4.90 Å². The lowest BCUT2D eigenvalue weighted by Gasteiger charge is -2.33. The first kappa shape index (κ1) is 30.2. The number of nitrogens with zero attached hydrogens (tertiary/aromatic N) is 1. The van der Waals surface area contributed by atoms with Gasteiger partial charge in [-0.1, -0.05) is 30.1 Å². The number of likely N-dealkylation sites (tertiary alicyclic amines) is 1. The van der Waals surface area contributed by atoms with Gasteiger partial charge in [0.1, 0.15) is 0 Å². The van der Waals surface area contributed by atoms with Crippen molar-refractivity contribution >= 4 is 44.9 Å². The molecule has 2 N–H and O–H groups in total. The van der Waals surface area contributed by atoms with Crippen LogP contribution in [0.25, 0.3) is 0 Å². The van der Waals surface area contributed by atoms with Crippen LogP contribution in [-0.2, 0) is 33.9 Å². The minimum Gasteiger partial charge on any atom is -0.352 e. The van der Waals surface area contributed by atoms with E-state index >= 15 is 0 Å². The molecule has 1 saturated heterocycles. The normalized spacial score (nSPS) is 16.8. The topological polar surface area (TPSA) is 95.6 Å². The third kappa shape index (κ3) is 7.62. The second-order valence-corrected chi connectivity index (χ2v) is 12.2. The fourth-order valence-electron chi connectivity index (χ4n) is 4.43. The molecule has 0 spiro atoms. The molecule has 1 heterocycles. The van der Waals surface area contributed by atoms with E-state index in [0.29, 0.717) is 19.5 Å². The highest BCUT2D eigenvalue weighted by atomic mass is 35.5. The Hall–Kier alpha value is -2.34. The van der Waals surface area contributed by atoms with Gasteiger partial charge < -0.3 is 10.6 Å². The van der Waals surface area contributed by atoms with Crippen LogP contribution in [0.4, 0.5) is 13.2 Å². The summed E-state index contributed by atoms with van der Waals surface area (Å²) in [6, 6.07) is 5.85. The number of amides is 2. The van der Waals surface area contributed by atoms with Crippen LogP contribution < -0.4 is 10.6 Å². The third-order valence-electron chi connectivity index (χ3n) is 6.23. The van der Waals surface area contributed by atoms with Crippen LogP contribution in [0.3, 0.4) is 0 Å². The van der Waals surface area contributed by atoms with E-state index in [9.17, 15) is 31.2 Å². The maximum absolute atomic E-state index is 14.0. The highest BCUT2D eigenvalue weighted by Gasteiger charge is 2.36. The zero-order valence-corrected chi connectivity index (χ0v) is 23.1. The Morgan fingerprint density at radius 2 is 1.87 bits per heavy atom. The predicted molar refractivity (Wildman–Crippen MR) is 139 cm³/mol. The second kappa shape index (κ2) is 12.2. The molecule has 0 aliphatic carbocycles. The van der Waals surface area contributed by atoms with Crippen LogP contribution in [0, 0.1) is 0 Å². The maximum Gasteiger partial charge on any atom is 0.416 e. The number of carbonyl (C=O) groups excluding carboxylic acids is 2. The molecule has 0 radical (unpaired) electrons. The molecular weight excluding hydrogens is 566 g/mol. The van der Waals surface area contributed by atoms with Crippen LogP contribution in [0.1, 0.15) is 53.7 Å².